The van der Waals surface area contributed by atoms with E-state index in [1.165, 1.54) is 0 Å². The van der Waals surface area contributed by atoms with Crippen LogP contribution >= 0.6 is 0 Å². The Morgan fingerprint density at radius 1 is 1.16 bits per heavy atom. The lowest BCUT2D eigenvalue weighted by Gasteiger charge is -2.27. The van der Waals surface area contributed by atoms with Crippen molar-refractivity contribution in [3.8, 4) is 16.9 Å². The van der Waals surface area contributed by atoms with Gasteiger partial charge in [0.15, 0.2) is 5.82 Å². The zero-order valence-corrected chi connectivity index (χ0v) is 18.2. The first kappa shape index (κ1) is 20.9. The maximum atomic E-state index is 12.8. The molecule has 1 N–H and O–H groups in total. The van der Waals surface area contributed by atoms with Gasteiger partial charge in [0.05, 0.1) is 20.3 Å². The maximum Gasteiger partial charge on any atom is 0.246 e. The number of carbonyl (C=O) groups excluding carboxylic acids is 1. The van der Waals surface area contributed by atoms with Gasteiger partial charge in [0.2, 0.25) is 5.91 Å². The lowest BCUT2D eigenvalue weighted by Crippen LogP contribution is -2.36. The molecule has 0 atom stereocenters. The second-order valence-electron chi connectivity index (χ2n) is 7.69. The number of aryl methyl sites for hydroxylation is 1. The number of nitrogens with one attached hydrogen (secondary N) is 1. The minimum Gasteiger partial charge on any atom is -0.497 e. The number of amides is 1. The van der Waals surface area contributed by atoms with Gasteiger partial charge in [0, 0.05) is 30.5 Å². The number of hydrogen-bond acceptors (Lipinski definition) is 5. The number of nitrogens with zero attached hydrogens (tertiary/aromatic N) is 3. The van der Waals surface area contributed by atoms with Gasteiger partial charge in [-0.1, -0.05) is 24.3 Å². The molecule has 4 rings (SSSR count). The average molecular weight is 421 g/mol. The number of aromatic nitrogens is 2. The molecular weight excluding hydrogens is 392 g/mol. The number of benzene rings is 2. The normalized spacial score (nSPS) is 13.8. The molecule has 162 valence electrons. The first-order chi connectivity index (χ1) is 15.0. The topological polar surface area (TPSA) is 68.6 Å². The van der Waals surface area contributed by atoms with E-state index in [0.29, 0.717) is 13.2 Å². The number of anilines is 2. The highest BCUT2D eigenvalue weighted by atomic mass is 16.5. The summed E-state index contributed by atoms with van der Waals surface area (Å²) in [6.07, 6.45) is 1.93. The van der Waals surface area contributed by atoms with E-state index in [1.54, 1.807) is 11.8 Å². The largest absolute Gasteiger partial charge is 0.497 e. The zero-order chi connectivity index (χ0) is 21.8. The number of carbonyl (C=O) groups is 1. The smallest absolute Gasteiger partial charge is 0.246 e. The van der Waals surface area contributed by atoms with Gasteiger partial charge >= 0.3 is 0 Å². The summed E-state index contributed by atoms with van der Waals surface area (Å²) in [7, 11) is 1.66. The van der Waals surface area contributed by atoms with Crippen molar-refractivity contribution in [1.82, 2.24) is 9.78 Å². The van der Waals surface area contributed by atoms with Gasteiger partial charge in [0.25, 0.3) is 0 Å². The van der Waals surface area contributed by atoms with Crippen LogP contribution in [0.3, 0.4) is 0 Å². The first-order valence-corrected chi connectivity index (χ1v) is 10.5. The molecule has 3 aromatic rings. The number of methoxy groups -OCH3 is 1. The van der Waals surface area contributed by atoms with Gasteiger partial charge in [-0.25, -0.2) is 0 Å². The summed E-state index contributed by atoms with van der Waals surface area (Å²) in [4.78, 5) is 15.0. The van der Waals surface area contributed by atoms with Gasteiger partial charge in [0.1, 0.15) is 12.3 Å². The van der Waals surface area contributed by atoms with Crippen LogP contribution in [0.1, 0.15) is 11.1 Å². The fraction of sp³-hybridized carbons (Fsp3) is 0.333. The minimum absolute atomic E-state index is 0.109. The quantitative estimate of drug-likeness (QED) is 0.659. The highest BCUT2D eigenvalue weighted by Crippen LogP contribution is 2.32. The number of rotatable bonds is 6. The van der Waals surface area contributed by atoms with Crippen LogP contribution in [-0.4, -0.2) is 49.1 Å². The van der Waals surface area contributed by atoms with Crippen molar-refractivity contribution < 1.29 is 14.3 Å². The Hall–Kier alpha value is -3.32. The SMILES string of the molecule is COc1cccc(-c2cn(CC(=O)Nc3cccc(C)c3C)nc2N2CCOCC2)c1. The third-order valence-corrected chi connectivity index (χ3v) is 5.62. The van der Waals surface area contributed by atoms with E-state index < -0.39 is 0 Å². The summed E-state index contributed by atoms with van der Waals surface area (Å²) in [5, 5.41) is 7.79. The molecule has 1 fully saturated rings. The average Bonchev–Trinajstić information content (AvgIpc) is 3.21. The Labute approximate surface area is 182 Å². The summed E-state index contributed by atoms with van der Waals surface area (Å²) < 4.78 is 12.6. The molecule has 1 aliphatic rings. The lowest BCUT2D eigenvalue weighted by atomic mass is 10.1. The Kier molecular flexibility index (Phi) is 6.23. The van der Waals surface area contributed by atoms with Crippen molar-refractivity contribution in [2.24, 2.45) is 0 Å². The van der Waals surface area contributed by atoms with E-state index in [-0.39, 0.29) is 12.5 Å². The van der Waals surface area contributed by atoms with Crippen LogP contribution in [0, 0.1) is 13.8 Å². The van der Waals surface area contributed by atoms with Gasteiger partial charge in [-0.05, 0) is 48.7 Å². The van der Waals surface area contributed by atoms with Crippen molar-refractivity contribution in [3.63, 3.8) is 0 Å². The molecule has 0 radical (unpaired) electrons. The molecule has 0 saturated carbocycles. The third kappa shape index (κ3) is 4.72. The molecule has 1 aliphatic heterocycles. The second-order valence-corrected chi connectivity index (χ2v) is 7.69. The molecule has 7 nitrogen and oxygen atoms in total. The van der Waals surface area contributed by atoms with Crippen LogP contribution in [-0.2, 0) is 16.1 Å². The van der Waals surface area contributed by atoms with Gasteiger partial charge in [-0.2, -0.15) is 5.10 Å². The van der Waals surface area contributed by atoms with Crippen molar-refractivity contribution >= 4 is 17.4 Å². The fourth-order valence-electron chi connectivity index (χ4n) is 3.72. The van der Waals surface area contributed by atoms with Crippen LogP contribution in [0.25, 0.3) is 11.1 Å². The number of morpholine rings is 1. The highest BCUT2D eigenvalue weighted by molar-refractivity contribution is 5.91. The fourth-order valence-corrected chi connectivity index (χ4v) is 3.72. The molecular formula is C24H28N4O3. The van der Waals surface area contributed by atoms with Crippen LogP contribution in [0.4, 0.5) is 11.5 Å². The van der Waals surface area contributed by atoms with Crippen molar-refractivity contribution in [2.75, 3.05) is 43.6 Å². The van der Waals surface area contributed by atoms with E-state index in [1.807, 2.05) is 62.5 Å². The summed E-state index contributed by atoms with van der Waals surface area (Å²) in [6.45, 7) is 7.04. The molecule has 0 bridgehead atoms. The standard InChI is InChI=1S/C24H28N4O3/c1-17-6-4-9-22(18(17)2)25-23(29)16-28-15-21(19-7-5-8-20(14-19)30-3)24(26-28)27-10-12-31-13-11-27/h4-9,14-15H,10-13,16H2,1-3H3,(H,25,29). The highest BCUT2D eigenvalue weighted by Gasteiger charge is 2.21. The van der Waals surface area contributed by atoms with Gasteiger partial charge < -0.3 is 19.7 Å². The molecule has 7 heteroatoms. The first-order valence-electron chi connectivity index (χ1n) is 10.5. The predicted octanol–water partition coefficient (Wildman–Crippen LogP) is 3.65. The van der Waals surface area contributed by atoms with Crippen LogP contribution in [0.2, 0.25) is 0 Å². The molecule has 0 aliphatic carbocycles. The Bertz CT molecular complexity index is 1070. The molecule has 1 amide bonds. The molecule has 31 heavy (non-hydrogen) atoms. The maximum absolute atomic E-state index is 12.8. The minimum atomic E-state index is -0.109. The van der Waals surface area contributed by atoms with Crippen molar-refractivity contribution in [2.45, 2.75) is 20.4 Å². The molecule has 1 saturated heterocycles. The number of hydrogen-bond donors (Lipinski definition) is 1. The number of ether oxygens (including phenoxy) is 2. The molecule has 0 unspecified atom stereocenters. The van der Waals surface area contributed by atoms with E-state index in [2.05, 4.69) is 10.2 Å². The molecule has 0 spiro atoms. The van der Waals surface area contributed by atoms with Crippen LogP contribution in [0.5, 0.6) is 5.75 Å². The summed E-state index contributed by atoms with van der Waals surface area (Å²) in [6, 6.07) is 13.8. The third-order valence-electron chi connectivity index (χ3n) is 5.62. The van der Waals surface area contributed by atoms with E-state index >= 15 is 0 Å². The second kappa shape index (κ2) is 9.22. The van der Waals surface area contributed by atoms with Gasteiger partial charge in [-0.3, -0.25) is 9.48 Å². The Balaban J connectivity index is 1.61. The van der Waals surface area contributed by atoms with E-state index in [0.717, 1.165) is 52.6 Å². The summed E-state index contributed by atoms with van der Waals surface area (Å²) in [5.74, 6) is 1.53. The van der Waals surface area contributed by atoms with Crippen LogP contribution in [0.15, 0.2) is 48.7 Å². The molecule has 1 aromatic heterocycles. The Morgan fingerprint density at radius 2 is 1.94 bits per heavy atom. The van der Waals surface area contributed by atoms with E-state index in [4.69, 9.17) is 14.6 Å². The van der Waals surface area contributed by atoms with Crippen LogP contribution < -0.4 is 15.0 Å². The lowest BCUT2D eigenvalue weighted by molar-refractivity contribution is -0.116. The van der Waals surface area contributed by atoms with Crippen molar-refractivity contribution in [1.29, 1.82) is 0 Å². The summed E-state index contributed by atoms with van der Waals surface area (Å²) in [5.41, 5.74) is 5.02. The van der Waals surface area contributed by atoms with Crippen molar-refractivity contribution in [3.05, 3.63) is 59.8 Å². The summed E-state index contributed by atoms with van der Waals surface area (Å²) >= 11 is 0. The monoisotopic (exact) mass is 420 g/mol. The Morgan fingerprint density at radius 3 is 2.71 bits per heavy atom. The molecule has 2 aromatic carbocycles. The predicted molar refractivity (Wildman–Crippen MR) is 122 cm³/mol. The zero-order valence-electron chi connectivity index (χ0n) is 18.2. The van der Waals surface area contributed by atoms with E-state index in [9.17, 15) is 4.79 Å². The molecule has 2 heterocycles. The van der Waals surface area contributed by atoms with Gasteiger partial charge in [-0.15, -0.1) is 0 Å².